The minimum atomic E-state index is 0.283. The smallest absolute Gasteiger partial charge is 0.0561 e. The van der Waals surface area contributed by atoms with Gasteiger partial charge in [0.05, 0.1) is 18.8 Å². The molecular formula is C10H20O2S. The Bertz CT molecular complexity index is 142. The summed E-state index contributed by atoms with van der Waals surface area (Å²) in [6, 6.07) is 0. The van der Waals surface area contributed by atoms with E-state index < -0.39 is 0 Å². The monoisotopic (exact) mass is 204 g/mol. The molecule has 1 saturated heterocycles. The van der Waals surface area contributed by atoms with Gasteiger partial charge in [0.2, 0.25) is 0 Å². The molecule has 0 spiro atoms. The molecule has 1 N–H and O–H groups in total. The lowest BCUT2D eigenvalue weighted by Gasteiger charge is -2.32. The van der Waals surface area contributed by atoms with Gasteiger partial charge < -0.3 is 9.84 Å². The van der Waals surface area contributed by atoms with E-state index in [2.05, 4.69) is 20.8 Å². The summed E-state index contributed by atoms with van der Waals surface area (Å²) in [5.41, 5.74) is 0. The standard InChI is InChI=1S/C10H20O2S/c1-7-4-10(5-8(2)12-7)13-9(3)6-11/h7-11H,4-6H2,1-3H3. The number of aliphatic hydroxyl groups excluding tert-OH is 1. The molecule has 0 aromatic rings. The predicted molar refractivity (Wildman–Crippen MR) is 57.2 cm³/mol. The summed E-state index contributed by atoms with van der Waals surface area (Å²) in [6.45, 7) is 6.62. The number of thioether (sulfide) groups is 1. The summed E-state index contributed by atoms with van der Waals surface area (Å²) in [5, 5.41) is 9.98. The molecule has 3 heteroatoms. The molecule has 1 heterocycles. The number of ether oxygens (including phenoxy) is 1. The third-order valence-electron chi connectivity index (χ3n) is 2.34. The van der Waals surface area contributed by atoms with Crippen molar-refractivity contribution in [1.82, 2.24) is 0 Å². The van der Waals surface area contributed by atoms with Crippen LogP contribution in [-0.4, -0.2) is 34.4 Å². The molecule has 3 unspecified atom stereocenters. The van der Waals surface area contributed by atoms with Crippen LogP contribution in [0.5, 0.6) is 0 Å². The summed E-state index contributed by atoms with van der Waals surface area (Å²) in [6.07, 6.45) is 3.01. The molecule has 0 aromatic heterocycles. The molecule has 0 aromatic carbocycles. The van der Waals surface area contributed by atoms with Gasteiger partial charge in [-0.15, -0.1) is 0 Å². The molecule has 1 aliphatic heterocycles. The molecule has 0 bridgehead atoms. The van der Waals surface area contributed by atoms with Gasteiger partial charge in [0.15, 0.2) is 0 Å². The largest absolute Gasteiger partial charge is 0.395 e. The maximum Gasteiger partial charge on any atom is 0.0561 e. The van der Waals surface area contributed by atoms with E-state index in [1.807, 2.05) is 11.8 Å². The van der Waals surface area contributed by atoms with Crippen LogP contribution in [0.1, 0.15) is 33.6 Å². The Hall–Kier alpha value is 0.270. The number of aliphatic hydroxyl groups is 1. The second-order valence-electron chi connectivity index (χ2n) is 3.98. The average molecular weight is 204 g/mol. The maximum atomic E-state index is 8.95. The van der Waals surface area contributed by atoms with E-state index in [1.165, 1.54) is 0 Å². The highest BCUT2D eigenvalue weighted by Gasteiger charge is 2.25. The summed E-state index contributed by atoms with van der Waals surface area (Å²) in [4.78, 5) is 0. The van der Waals surface area contributed by atoms with E-state index in [9.17, 15) is 0 Å². The van der Waals surface area contributed by atoms with Crippen LogP contribution < -0.4 is 0 Å². The first kappa shape index (κ1) is 11.3. The minimum absolute atomic E-state index is 0.283. The van der Waals surface area contributed by atoms with Gasteiger partial charge in [-0.3, -0.25) is 0 Å². The van der Waals surface area contributed by atoms with Crippen LogP contribution in [0.25, 0.3) is 0 Å². The normalized spacial score (nSPS) is 37.4. The molecule has 0 aliphatic carbocycles. The lowest BCUT2D eigenvalue weighted by atomic mass is 10.1. The maximum absolute atomic E-state index is 8.95. The Morgan fingerprint density at radius 1 is 1.38 bits per heavy atom. The Labute approximate surface area is 85.0 Å². The van der Waals surface area contributed by atoms with E-state index in [1.54, 1.807) is 0 Å². The van der Waals surface area contributed by atoms with Gasteiger partial charge in [-0.25, -0.2) is 0 Å². The Kier molecular flexibility index (Phi) is 4.56. The molecule has 1 aliphatic rings. The molecule has 13 heavy (non-hydrogen) atoms. The highest BCUT2D eigenvalue weighted by molar-refractivity contribution is 8.00. The van der Waals surface area contributed by atoms with Crippen LogP contribution in [0.3, 0.4) is 0 Å². The van der Waals surface area contributed by atoms with Crippen LogP contribution in [-0.2, 0) is 4.74 Å². The van der Waals surface area contributed by atoms with Crippen molar-refractivity contribution in [3.05, 3.63) is 0 Å². The van der Waals surface area contributed by atoms with Crippen LogP contribution in [0.15, 0.2) is 0 Å². The number of hydrogen-bond donors (Lipinski definition) is 1. The van der Waals surface area contributed by atoms with Crippen molar-refractivity contribution < 1.29 is 9.84 Å². The third kappa shape index (κ3) is 3.88. The van der Waals surface area contributed by atoms with Gasteiger partial charge in [-0.2, -0.15) is 11.8 Å². The van der Waals surface area contributed by atoms with E-state index >= 15 is 0 Å². The molecule has 1 rings (SSSR count). The second-order valence-corrected chi connectivity index (χ2v) is 5.72. The van der Waals surface area contributed by atoms with E-state index in [4.69, 9.17) is 9.84 Å². The van der Waals surface area contributed by atoms with Gasteiger partial charge in [-0.05, 0) is 26.7 Å². The minimum Gasteiger partial charge on any atom is -0.395 e. The zero-order valence-corrected chi connectivity index (χ0v) is 9.51. The molecule has 3 atom stereocenters. The second kappa shape index (κ2) is 5.23. The topological polar surface area (TPSA) is 29.5 Å². The van der Waals surface area contributed by atoms with E-state index in [0.717, 1.165) is 12.8 Å². The summed E-state index contributed by atoms with van der Waals surface area (Å²) < 4.78 is 5.66. The Morgan fingerprint density at radius 3 is 2.38 bits per heavy atom. The van der Waals surface area contributed by atoms with Crippen LogP contribution >= 0.6 is 11.8 Å². The van der Waals surface area contributed by atoms with E-state index in [0.29, 0.717) is 22.7 Å². The third-order valence-corrected chi connectivity index (χ3v) is 3.72. The first-order valence-electron chi connectivity index (χ1n) is 5.03. The van der Waals surface area contributed by atoms with Gasteiger partial charge in [0.1, 0.15) is 0 Å². The van der Waals surface area contributed by atoms with Crippen molar-refractivity contribution in [1.29, 1.82) is 0 Å². The summed E-state index contributed by atoms with van der Waals surface area (Å²) in [5.74, 6) is 0. The van der Waals surface area contributed by atoms with Crippen molar-refractivity contribution in [2.24, 2.45) is 0 Å². The fraction of sp³-hybridized carbons (Fsp3) is 1.00. The van der Waals surface area contributed by atoms with Crippen LogP contribution in [0, 0.1) is 0 Å². The van der Waals surface area contributed by atoms with Crippen LogP contribution in [0.2, 0.25) is 0 Å². The molecule has 0 saturated carbocycles. The van der Waals surface area contributed by atoms with Gasteiger partial charge in [0, 0.05) is 10.5 Å². The molecule has 0 amide bonds. The molecule has 0 radical (unpaired) electrons. The van der Waals surface area contributed by atoms with Gasteiger partial charge >= 0.3 is 0 Å². The molecular weight excluding hydrogens is 184 g/mol. The lowest BCUT2D eigenvalue weighted by molar-refractivity contribution is -0.0265. The first-order valence-corrected chi connectivity index (χ1v) is 5.98. The highest BCUT2D eigenvalue weighted by atomic mass is 32.2. The molecule has 78 valence electrons. The van der Waals surface area contributed by atoms with Gasteiger partial charge in [-0.1, -0.05) is 6.92 Å². The van der Waals surface area contributed by atoms with Gasteiger partial charge in [0.25, 0.3) is 0 Å². The van der Waals surface area contributed by atoms with Crippen molar-refractivity contribution in [2.45, 2.75) is 56.3 Å². The molecule has 1 fully saturated rings. The fourth-order valence-corrected chi connectivity index (χ4v) is 3.33. The fourth-order valence-electron chi connectivity index (χ4n) is 1.83. The number of hydrogen-bond acceptors (Lipinski definition) is 3. The van der Waals surface area contributed by atoms with Crippen LogP contribution in [0.4, 0.5) is 0 Å². The SMILES string of the molecule is CC1CC(SC(C)CO)CC(C)O1. The van der Waals surface area contributed by atoms with E-state index in [-0.39, 0.29) is 6.61 Å². The number of rotatable bonds is 3. The summed E-state index contributed by atoms with van der Waals surface area (Å²) >= 11 is 1.90. The van der Waals surface area contributed by atoms with Crippen molar-refractivity contribution in [3.8, 4) is 0 Å². The van der Waals surface area contributed by atoms with Crippen molar-refractivity contribution in [3.63, 3.8) is 0 Å². The zero-order chi connectivity index (χ0) is 9.84. The Morgan fingerprint density at radius 2 is 1.92 bits per heavy atom. The van der Waals surface area contributed by atoms with Crippen molar-refractivity contribution >= 4 is 11.8 Å². The first-order chi connectivity index (χ1) is 6.11. The summed E-state index contributed by atoms with van der Waals surface area (Å²) in [7, 11) is 0. The zero-order valence-electron chi connectivity index (χ0n) is 8.69. The van der Waals surface area contributed by atoms with Crippen molar-refractivity contribution in [2.75, 3.05) is 6.61 Å². The average Bonchev–Trinajstić information content (AvgIpc) is 2.02. The predicted octanol–water partition coefficient (Wildman–Crippen LogP) is 2.06. The lowest BCUT2D eigenvalue weighted by Crippen LogP contribution is -2.31. The highest BCUT2D eigenvalue weighted by Crippen LogP contribution is 2.31. The Balaban J connectivity index is 2.32. The molecule has 2 nitrogen and oxygen atoms in total. The quantitative estimate of drug-likeness (QED) is 0.763.